The van der Waals surface area contributed by atoms with Crippen LogP contribution in [0.4, 0.5) is 8.78 Å². The molecule has 0 saturated carbocycles. The second kappa shape index (κ2) is 10.9. The predicted molar refractivity (Wildman–Crippen MR) is 115 cm³/mol. The number of nitrogens with zero attached hydrogens (tertiary/aromatic N) is 1. The fourth-order valence-corrected chi connectivity index (χ4v) is 3.65. The SMILES string of the molecule is CC(C)C[NH+](CC(=O)N(Cc1ccc(F)cc1)Cc1ccco1)Cc1ccccc1F. The van der Waals surface area contributed by atoms with Gasteiger partial charge in [-0.2, -0.15) is 0 Å². The number of carbonyl (C=O) groups is 1. The Morgan fingerprint density at radius 2 is 1.74 bits per heavy atom. The Morgan fingerprint density at radius 3 is 2.39 bits per heavy atom. The van der Waals surface area contributed by atoms with Crippen molar-refractivity contribution < 1.29 is 22.9 Å². The molecule has 0 aliphatic rings. The highest BCUT2D eigenvalue weighted by atomic mass is 19.1. The number of furan rings is 1. The maximum absolute atomic E-state index is 14.2. The second-order valence-corrected chi connectivity index (χ2v) is 8.25. The van der Waals surface area contributed by atoms with E-state index in [9.17, 15) is 13.6 Å². The minimum atomic E-state index is -0.315. The summed E-state index contributed by atoms with van der Waals surface area (Å²) in [5.74, 6) is 0.396. The van der Waals surface area contributed by atoms with Crippen molar-refractivity contribution in [1.82, 2.24) is 4.90 Å². The Morgan fingerprint density at radius 1 is 1.00 bits per heavy atom. The number of hydrogen-bond donors (Lipinski definition) is 1. The zero-order valence-corrected chi connectivity index (χ0v) is 18.0. The summed E-state index contributed by atoms with van der Waals surface area (Å²) < 4.78 is 32.9. The summed E-state index contributed by atoms with van der Waals surface area (Å²) in [5.41, 5.74) is 1.43. The molecule has 1 N–H and O–H groups in total. The van der Waals surface area contributed by atoms with Gasteiger partial charge in [0, 0.05) is 18.0 Å². The van der Waals surface area contributed by atoms with E-state index >= 15 is 0 Å². The highest BCUT2D eigenvalue weighted by molar-refractivity contribution is 5.77. The summed E-state index contributed by atoms with van der Waals surface area (Å²) >= 11 is 0. The fourth-order valence-electron chi connectivity index (χ4n) is 3.65. The Hall–Kier alpha value is -2.99. The molecular weight excluding hydrogens is 398 g/mol. The average molecular weight is 428 g/mol. The van der Waals surface area contributed by atoms with Crippen molar-refractivity contribution in [2.45, 2.75) is 33.5 Å². The minimum Gasteiger partial charge on any atom is -0.467 e. The molecule has 1 amide bonds. The number of hydrogen-bond acceptors (Lipinski definition) is 2. The van der Waals surface area contributed by atoms with Crippen LogP contribution in [0.25, 0.3) is 0 Å². The van der Waals surface area contributed by atoms with E-state index in [0.29, 0.717) is 36.9 Å². The Labute approximate surface area is 182 Å². The summed E-state index contributed by atoms with van der Waals surface area (Å²) in [4.78, 5) is 16.0. The van der Waals surface area contributed by atoms with E-state index in [1.807, 2.05) is 12.1 Å². The fraction of sp³-hybridized carbons (Fsp3) is 0.320. The molecular formula is C25H29F2N2O2+. The molecule has 4 nitrogen and oxygen atoms in total. The van der Waals surface area contributed by atoms with E-state index in [1.54, 1.807) is 41.5 Å². The van der Waals surface area contributed by atoms with Gasteiger partial charge >= 0.3 is 0 Å². The van der Waals surface area contributed by atoms with Crippen LogP contribution < -0.4 is 4.90 Å². The molecule has 0 spiro atoms. The Kier molecular flexibility index (Phi) is 7.95. The van der Waals surface area contributed by atoms with Gasteiger partial charge in [-0.25, -0.2) is 8.78 Å². The van der Waals surface area contributed by atoms with Crippen molar-refractivity contribution in [3.8, 4) is 0 Å². The summed E-state index contributed by atoms with van der Waals surface area (Å²) in [6.07, 6.45) is 1.57. The highest BCUT2D eigenvalue weighted by Crippen LogP contribution is 2.12. The third-order valence-corrected chi connectivity index (χ3v) is 5.06. The number of carbonyl (C=O) groups excluding carboxylic acids is 1. The first-order valence-corrected chi connectivity index (χ1v) is 10.5. The molecule has 0 saturated heterocycles. The van der Waals surface area contributed by atoms with Crippen LogP contribution in [0.5, 0.6) is 0 Å². The average Bonchev–Trinajstić information content (AvgIpc) is 3.23. The molecule has 2 aromatic carbocycles. The van der Waals surface area contributed by atoms with Crippen LogP contribution in [0.15, 0.2) is 71.3 Å². The van der Waals surface area contributed by atoms with Gasteiger partial charge in [0.15, 0.2) is 6.54 Å². The lowest BCUT2D eigenvalue weighted by atomic mass is 10.1. The van der Waals surface area contributed by atoms with Gasteiger partial charge in [-0.3, -0.25) is 4.79 Å². The molecule has 0 aliphatic carbocycles. The molecule has 6 heteroatoms. The summed E-state index contributed by atoms with van der Waals surface area (Å²) in [6.45, 7) is 6.24. The van der Waals surface area contributed by atoms with Crippen molar-refractivity contribution in [3.63, 3.8) is 0 Å². The molecule has 164 valence electrons. The van der Waals surface area contributed by atoms with Crippen LogP contribution >= 0.6 is 0 Å². The Balaban J connectivity index is 1.76. The van der Waals surface area contributed by atoms with Gasteiger partial charge in [-0.1, -0.05) is 44.2 Å². The minimum absolute atomic E-state index is 0.0623. The van der Waals surface area contributed by atoms with Crippen molar-refractivity contribution in [2.75, 3.05) is 13.1 Å². The highest BCUT2D eigenvalue weighted by Gasteiger charge is 2.23. The number of quaternary nitrogens is 1. The molecule has 0 bridgehead atoms. The van der Waals surface area contributed by atoms with Gasteiger partial charge in [0.25, 0.3) is 5.91 Å². The largest absolute Gasteiger partial charge is 0.467 e. The first-order chi connectivity index (χ1) is 14.9. The molecule has 0 aliphatic heterocycles. The van der Waals surface area contributed by atoms with E-state index in [1.165, 1.54) is 18.2 Å². The first-order valence-electron chi connectivity index (χ1n) is 10.5. The molecule has 3 aromatic rings. The van der Waals surface area contributed by atoms with Crippen LogP contribution in [0.3, 0.4) is 0 Å². The van der Waals surface area contributed by atoms with Crippen molar-refractivity contribution >= 4 is 5.91 Å². The standard InChI is InChI=1S/C25H28F2N2O2/c1-19(2)14-28(16-21-6-3-4-8-24(21)27)18-25(30)29(17-23-7-5-13-31-23)15-20-9-11-22(26)12-10-20/h3-13,19H,14-18H2,1-2H3/p+1. The smallest absolute Gasteiger partial charge is 0.278 e. The zero-order chi connectivity index (χ0) is 22.2. The molecule has 0 fully saturated rings. The summed E-state index contributed by atoms with van der Waals surface area (Å²) in [7, 11) is 0. The lowest BCUT2D eigenvalue weighted by Crippen LogP contribution is -3.12. The predicted octanol–water partition coefficient (Wildman–Crippen LogP) is 3.83. The quantitative estimate of drug-likeness (QED) is 0.534. The van der Waals surface area contributed by atoms with Crippen molar-refractivity contribution in [3.05, 3.63) is 95.4 Å². The maximum Gasteiger partial charge on any atom is 0.278 e. The van der Waals surface area contributed by atoms with E-state index < -0.39 is 0 Å². The van der Waals surface area contributed by atoms with Gasteiger partial charge < -0.3 is 14.2 Å². The lowest BCUT2D eigenvalue weighted by molar-refractivity contribution is -0.909. The first kappa shape index (κ1) is 22.7. The Bertz CT molecular complexity index is 956. The van der Waals surface area contributed by atoms with Crippen LogP contribution in [0, 0.1) is 17.6 Å². The maximum atomic E-state index is 14.2. The molecule has 0 radical (unpaired) electrons. The summed E-state index contributed by atoms with van der Waals surface area (Å²) in [5, 5.41) is 0. The number of amides is 1. The normalized spacial score (nSPS) is 12.2. The molecule has 1 atom stereocenters. The molecule has 3 rings (SSSR count). The molecule has 1 unspecified atom stereocenters. The third-order valence-electron chi connectivity index (χ3n) is 5.06. The number of rotatable bonds is 10. The van der Waals surface area contributed by atoms with Gasteiger partial charge in [0.1, 0.15) is 23.9 Å². The molecule has 1 aromatic heterocycles. The monoisotopic (exact) mass is 427 g/mol. The second-order valence-electron chi connectivity index (χ2n) is 8.25. The van der Waals surface area contributed by atoms with E-state index in [0.717, 1.165) is 17.0 Å². The third kappa shape index (κ3) is 7.03. The van der Waals surface area contributed by atoms with E-state index in [4.69, 9.17) is 4.42 Å². The van der Waals surface area contributed by atoms with E-state index in [-0.39, 0.29) is 24.1 Å². The number of benzene rings is 2. The summed E-state index contributed by atoms with van der Waals surface area (Å²) in [6, 6.07) is 16.4. The topological polar surface area (TPSA) is 37.9 Å². The van der Waals surface area contributed by atoms with Gasteiger partial charge in [0.2, 0.25) is 0 Å². The van der Waals surface area contributed by atoms with Crippen LogP contribution in [-0.4, -0.2) is 23.9 Å². The van der Waals surface area contributed by atoms with Gasteiger partial charge in [0.05, 0.1) is 19.4 Å². The van der Waals surface area contributed by atoms with Gasteiger partial charge in [-0.15, -0.1) is 0 Å². The van der Waals surface area contributed by atoms with Crippen molar-refractivity contribution in [2.24, 2.45) is 5.92 Å². The van der Waals surface area contributed by atoms with Crippen molar-refractivity contribution in [1.29, 1.82) is 0 Å². The number of halogens is 2. The van der Waals surface area contributed by atoms with Crippen LogP contribution in [0.1, 0.15) is 30.7 Å². The van der Waals surface area contributed by atoms with Gasteiger partial charge in [-0.05, 0) is 35.9 Å². The molecule has 1 heterocycles. The zero-order valence-electron chi connectivity index (χ0n) is 18.0. The van der Waals surface area contributed by atoms with Crippen LogP contribution in [0.2, 0.25) is 0 Å². The molecule has 31 heavy (non-hydrogen) atoms. The lowest BCUT2D eigenvalue weighted by Gasteiger charge is -2.26. The van der Waals surface area contributed by atoms with Crippen LogP contribution in [-0.2, 0) is 24.4 Å². The van der Waals surface area contributed by atoms with E-state index in [2.05, 4.69) is 13.8 Å². The number of nitrogens with one attached hydrogen (secondary N) is 1.